The van der Waals surface area contributed by atoms with Gasteiger partial charge in [-0.3, -0.25) is 4.68 Å². The van der Waals surface area contributed by atoms with Crippen molar-refractivity contribution in [2.75, 3.05) is 5.32 Å². The van der Waals surface area contributed by atoms with Crippen LogP contribution in [-0.4, -0.2) is 9.78 Å². The molecule has 3 aromatic rings. The summed E-state index contributed by atoms with van der Waals surface area (Å²) in [7, 11) is 0. The first kappa shape index (κ1) is 18.6. The summed E-state index contributed by atoms with van der Waals surface area (Å²) in [6.07, 6.45) is 8.14. The minimum atomic E-state index is 0.255. The van der Waals surface area contributed by atoms with E-state index in [2.05, 4.69) is 41.1 Å². The molecule has 0 saturated heterocycles. The highest BCUT2D eigenvalue weighted by Gasteiger charge is 2.21. The van der Waals surface area contributed by atoms with Gasteiger partial charge in [-0.15, -0.1) is 0 Å². The molecule has 1 aliphatic rings. The van der Waals surface area contributed by atoms with Gasteiger partial charge in [-0.25, -0.2) is 0 Å². The molecule has 1 saturated carbocycles. The number of hydrogen-bond acceptors (Lipinski definition) is 3. The lowest BCUT2D eigenvalue weighted by atomic mass is 10.0. The van der Waals surface area contributed by atoms with E-state index in [1.165, 1.54) is 36.9 Å². The molecule has 1 aliphatic carbocycles. The van der Waals surface area contributed by atoms with E-state index in [1.807, 2.05) is 48.7 Å². The number of rotatable bonds is 7. The van der Waals surface area contributed by atoms with Gasteiger partial charge in [0, 0.05) is 0 Å². The van der Waals surface area contributed by atoms with Gasteiger partial charge in [-0.2, -0.15) is 5.10 Å². The predicted molar refractivity (Wildman–Crippen MR) is 114 cm³/mol. The minimum absolute atomic E-state index is 0.255. The van der Waals surface area contributed by atoms with Crippen LogP contribution in [0.1, 0.15) is 62.4 Å². The van der Waals surface area contributed by atoms with Gasteiger partial charge in [0.25, 0.3) is 0 Å². The third kappa shape index (κ3) is 4.06. The summed E-state index contributed by atoms with van der Waals surface area (Å²) in [5, 5.41) is 8.38. The van der Waals surface area contributed by atoms with Gasteiger partial charge in [0.2, 0.25) is 0 Å². The maximum atomic E-state index is 5.91. The summed E-state index contributed by atoms with van der Waals surface area (Å²) in [5.74, 6) is 1.71. The van der Waals surface area contributed by atoms with Crippen molar-refractivity contribution < 1.29 is 4.74 Å². The Morgan fingerprint density at radius 2 is 1.71 bits per heavy atom. The molecule has 1 heterocycles. The zero-order valence-electron chi connectivity index (χ0n) is 16.8. The smallest absolute Gasteiger partial charge is 0.127 e. The van der Waals surface area contributed by atoms with E-state index >= 15 is 0 Å². The van der Waals surface area contributed by atoms with E-state index in [0.29, 0.717) is 6.04 Å². The second-order valence-electron chi connectivity index (χ2n) is 7.62. The van der Waals surface area contributed by atoms with E-state index in [0.717, 1.165) is 23.6 Å². The van der Waals surface area contributed by atoms with Crippen molar-refractivity contribution in [3.63, 3.8) is 0 Å². The van der Waals surface area contributed by atoms with Crippen molar-refractivity contribution >= 4 is 5.69 Å². The monoisotopic (exact) mass is 375 g/mol. The Balaban J connectivity index is 1.45. The predicted octanol–water partition coefficient (Wildman–Crippen LogP) is 6.66. The van der Waals surface area contributed by atoms with Crippen LogP contribution < -0.4 is 10.1 Å². The summed E-state index contributed by atoms with van der Waals surface area (Å²) in [4.78, 5) is 0. The number of nitrogens with one attached hydrogen (secondary N) is 1. The zero-order valence-corrected chi connectivity index (χ0v) is 16.8. The molecule has 0 spiro atoms. The van der Waals surface area contributed by atoms with Gasteiger partial charge in [0.15, 0.2) is 0 Å². The first-order valence-electron chi connectivity index (χ1n) is 10.4. The fourth-order valence-electron chi connectivity index (χ4n) is 4.08. The second-order valence-corrected chi connectivity index (χ2v) is 7.62. The Hall–Kier alpha value is -2.75. The zero-order chi connectivity index (χ0) is 19.3. The molecule has 1 aromatic heterocycles. The lowest BCUT2D eigenvalue weighted by Gasteiger charge is -2.19. The van der Waals surface area contributed by atoms with Gasteiger partial charge in [0.1, 0.15) is 11.5 Å². The van der Waals surface area contributed by atoms with E-state index in [1.54, 1.807) is 0 Å². The maximum absolute atomic E-state index is 5.91. The molecule has 0 radical (unpaired) electrons. The Labute approximate surface area is 167 Å². The van der Waals surface area contributed by atoms with Crippen molar-refractivity contribution in [2.45, 2.75) is 58.0 Å². The van der Waals surface area contributed by atoms with Crippen LogP contribution in [0.3, 0.4) is 0 Å². The Morgan fingerprint density at radius 1 is 1.04 bits per heavy atom. The third-order valence-electron chi connectivity index (χ3n) is 5.71. The normalized spacial score (nSPS) is 15.5. The Kier molecular flexibility index (Phi) is 5.65. The number of nitrogens with zero attached hydrogens (tertiary/aromatic N) is 2. The Bertz CT molecular complexity index is 880. The number of hydrogen-bond donors (Lipinski definition) is 1. The van der Waals surface area contributed by atoms with Crippen LogP contribution in [0.5, 0.6) is 11.5 Å². The maximum Gasteiger partial charge on any atom is 0.127 e. The summed E-state index contributed by atoms with van der Waals surface area (Å²) < 4.78 is 8.13. The molecule has 1 fully saturated rings. The van der Waals surface area contributed by atoms with Crippen LogP contribution in [0.15, 0.2) is 60.8 Å². The molecule has 1 N–H and O–H groups in total. The van der Waals surface area contributed by atoms with Crippen LogP contribution in [0.2, 0.25) is 0 Å². The average Bonchev–Trinajstić information content (AvgIpc) is 3.38. The van der Waals surface area contributed by atoms with Crippen molar-refractivity contribution in [1.82, 2.24) is 9.78 Å². The van der Waals surface area contributed by atoms with Gasteiger partial charge < -0.3 is 10.1 Å². The number of benzene rings is 2. The number of aromatic nitrogens is 2. The summed E-state index contributed by atoms with van der Waals surface area (Å²) >= 11 is 0. The lowest BCUT2D eigenvalue weighted by molar-refractivity contribution is 0.457. The van der Waals surface area contributed by atoms with Crippen LogP contribution in [-0.2, 0) is 0 Å². The highest BCUT2D eigenvalue weighted by atomic mass is 16.5. The fraction of sp³-hybridized carbons (Fsp3) is 0.375. The Morgan fingerprint density at radius 3 is 2.39 bits per heavy atom. The summed E-state index contributed by atoms with van der Waals surface area (Å²) in [6.45, 7) is 4.39. The molecule has 0 aliphatic heterocycles. The van der Waals surface area contributed by atoms with Crippen LogP contribution in [0.4, 0.5) is 5.69 Å². The van der Waals surface area contributed by atoms with Gasteiger partial charge in [-0.05, 0) is 56.0 Å². The molecule has 1 atom stereocenters. The van der Waals surface area contributed by atoms with E-state index in [9.17, 15) is 0 Å². The van der Waals surface area contributed by atoms with Crippen molar-refractivity contribution in [3.05, 3.63) is 72.1 Å². The molecule has 28 heavy (non-hydrogen) atoms. The lowest BCUT2D eigenvalue weighted by Crippen LogP contribution is -2.12. The summed E-state index contributed by atoms with van der Waals surface area (Å²) in [6, 6.07) is 19.1. The molecule has 4 rings (SSSR count). The minimum Gasteiger partial charge on any atom is -0.457 e. The first-order chi connectivity index (χ1) is 13.7. The van der Waals surface area contributed by atoms with Gasteiger partial charge in [-0.1, -0.05) is 50.1 Å². The number of anilines is 1. The van der Waals surface area contributed by atoms with E-state index < -0.39 is 0 Å². The molecule has 4 heteroatoms. The molecule has 4 nitrogen and oxygen atoms in total. The molecule has 1 unspecified atom stereocenters. The van der Waals surface area contributed by atoms with Crippen molar-refractivity contribution in [2.24, 2.45) is 0 Å². The topological polar surface area (TPSA) is 39.1 Å². The van der Waals surface area contributed by atoms with Crippen LogP contribution in [0, 0.1) is 6.92 Å². The highest BCUT2D eigenvalue weighted by Crippen LogP contribution is 2.33. The van der Waals surface area contributed by atoms with E-state index in [4.69, 9.17) is 4.74 Å². The SMILES string of the molecule is CCC(Nc1cnn(C2CCCC2)c1C)c1ccc(Oc2ccccc2)cc1. The van der Waals surface area contributed by atoms with Crippen LogP contribution >= 0.6 is 0 Å². The van der Waals surface area contributed by atoms with Crippen LogP contribution in [0.25, 0.3) is 0 Å². The van der Waals surface area contributed by atoms with Gasteiger partial charge >= 0.3 is 0 Å². The average molecular weight is 376 g/mol. The molecule has 2 aromatic carbocycles. The summed E-state index contributed by atoms with van der Waals surface area (Å²) in [5.41, 5.74) is 3.65. The molecule has 146 valence electrons. The molecular formula is C24H29N3O. The number of ether oxygens (including phenoxy) is 1. The number of para-hydroxylation sites is 1. The molecule has 0 bridgehead atoms. The fourth-order valence-corrected chi connectivity index (χ4v) is 4.08. The largest absolute Gasteiger partial charge is 0.457 e. The van der Waals surface area contributed by atoms with Gasteiger partial charge in [0.05, 0.1) is 29.7 Å². The quantitative estimate of drug-likeness (QED) is 0.502. The molecule has 0 amide bonds. The standard InChI is InChI=1S/C24H29N3O/c1-3-23(26-24-17-25-27(18(24)2)20-9-7-8-10-20)19-13-15-22(16-14-19)28-21-11-5-4-6-12-21/h4-6,11-17,20,23,26H,3,7-10H2,1-2H3. The third-order valence-corrected chi connectivity index (χ3v) is 5.71. The van der Waals surface area contributed by atoms with Crippen molar-refractivity contribution in [3.8, 4) is 11.5 Å². The first-order valence-corrected chi connectivity index (χ1v) is 10.4. The highest BCUT2D eigenvalue weighted by molar-refractivity contribution is 5.48. The van der Waals surface area contributed by atoms with E-state index in [-0.39, 0.29) is 6.04 Å². The molecular weight excluding hydrogens is 346 g/mol. The second kappa shape index (κ2) is 8.51. The van der Waals surface area contributed by atoms with Crippen molar-refractivity contribution in [1.29, 1.82) is 0 Å².